The highest BCUT2D eigenvalue weighted by Gasteiger charge is 2.43. The van der Waals surface area contributed by atoms with Crippen LogP contribution in [0.1, 0.15) is 48.0 Å². The van der Waals surface area contributed by atoms with Crippen LogP contribution in [0.15, 0.2) is 12.7 Å². The summed E-state index contributed by atoms with van der Waals surface area (Å²) in [5, 5.41) is 4.04. The van der Waals surface area contributed by atoms with Crippen LogP contribution in [-0.4, -0.2) is 54.6 Å². The molecule has 1 fully saturated rings. The van der Waals surface area contributed by atoms with Gasteiger partial charge in [0, 0.05) is 19.2 Å². The van der Waals surface area contributed by atoms with Crippen LogP contribution in [0.2, 0.25) is 36.3 Å². The summed E-state index contributed by atoms with van der Waals surface area (Å²) in [7, 11) is -3.63. The standard InChI is InChI=1S/C21H46N2O3Si2/c1-12-13-24-23-18-15-22-17(16-25-27(8,9)20(2,3)4)14-19(18)26-28(10,11)21(5,6)7/h12,17-19,22-23H,1,13-16H2,2-11H3. The second-order valence-corrected chi connectivity index (χ2v) is 20.7. The summed E-state index contributed by atoms with van der Waals surface area (Å²) in [6, 6.07) is 0.430. The predicted molar refractivity (Wildman–Crippen MR) is 125 cm³/mol. The second kappa shape index (κ2) is 9.85. The average Bonchev–Trinajstić information content (AvgIpc) is 2.52. The minimum absolute atomic E-state index is 0.111. The molecule has 1 heterocycles. The first-order chi connectivity index (χ1) is 12.6. The maximum atomic E-state index is 6.80. The Morgan fingerprint density at radius 1 is 1.04 bits per heavy atom. The summed E-state index contributed by atoms with van der Waals surface area (Å²) < 4.78 is 13.3. The van der Waals surface area contributed by atoms with Crippen molar-refractivity contribution in [1.29, 1.82) is 0 Å². The third-order valence-corrected chi connectivity index (χ3v) is 15.7. The van der Waals surface area contributed by atoms with E-state index in [1.54, 1.807) is 6.08 Å². The lowest BCUT2D eigenvalue weighted by Gasteiger charge is -2.45. The van der Waals surface area contributed by atoms with E-state index < -0.39 is 16.6 Å². The van der Waals surface area contributed by atoms with Crippen molar-refractivity contribution in [2.45, 2.75) is 102 Å². The summed E-state index contributed by atoms with van der Waals surface area (Å²) in [5.41, 5.74) is 3.20. The summed E-state index contributed by atoms with van der Waals surface area (Å²) in [4.78, 5) is 5.55. The van der Waals surface area contributed by atoms with Gasteiger partial charge in [0.15, 0.2) is 16.6 Å². The maximum absolute atomic E-state index is 6.80. The number of hydroxylamine groups is 1. The van der Waals surface area contributed by atoms with Gasteiger partial charge in [0.1, 0.15) is 0 Å². The third-order valence-electron chi connectivity index (χ3n) is 6.73. The Labute approximate surface area is 176 Å². The van der Waals surface area contributed by atoms with Crippen molar-refractivity contribution < 1.29 is 13.7 Å². The van der Waals surface area contributed by atoms with Gasteiger partial charge in [0.2, 0.25) is 0 Å². The fourth-order valence-corrected chi connectivity index (χ4v) is 5.04. The molecule has 0 aromatic carbocycles. The van der Waals surface area contributed by atoms with E-state index in [0.717, 1.165) is 19.6 Å². The second-order valence-electron chi connectivity index (χ2n) is 11.2. The Hall–Kier alpha value is -0.0262. The first-order valence-electron chi connectivity index (χ1n) is 10.6. The van der Waals surface area contributed by atoms with Gasteiger partial charge in [-0.1, -0.05) is 47.6 Å². The van der Waals surface area contributed by atoms with E-state index in [4.69, 9.17) is 13.7 Å². The van der Waals surface area contributed by atoms with Gasteiger partial charge in [-0.25, -0.2) is 0 Å². The summed E-state index contributed by atoms with van der Waals surface area (Å²) in [6.45, 7) is 28.7. The van der Waals surface area contributed by atoms with E-state index in [0.29, 0.717) is 12.6 Å². The molecule has 2 N–H and O–H groups in total. The fourth-order valence-electron chi connectivity index (χ4n) is 2.62. The van der Waals surface area contributed by atoms with Crippen molar-refractivity contribution >= 4 is 16.6 Å². The van der Waals surface area contributed by atoms with Crippen LogP contribution < -0.4 is 10.8 Å². The predicted octanol–water partition coefficient (Wildman–Crippen LogP) is 4.84. The summed E-state index contributed by atoms with van der Waals surface area (Å²) in [6.07, 6.45) is 2.79. The molecular weight excluding hydrogens is 384 g/mol. The molecule has 0 bridgehead atoms. The molecule has 1 rings (SSSR count). The molecule has 1 aliphatic rings. The van der Waals surface area contributed by atoms with E-state index in [1.165, 1.54) is 0 Å². The molecule has 0 aromatic heterocycles. The van der Waals surface area contributed by atoms with Gasteiger partial charge in [-0.3, -0.25) is 4.84 Å². The molecule has 0 aromatic rings. The Bertz CT molecular complexity index is 499. The average molecular weight is 431 g/mol. The summed E-state index contributed by atoms with van der Waals surface area (Å²) >= 11 is 0. The molecular formula is C21H46N2O3Si2. The van der Waals surface area contributed by atoms with E-state index in [-0.39, 0.29) is 22.2 Å². The Kier molecular flexibility index (Phi) is 9.15. The molecule has 7 heteroatoms. The molecule has 28 heavy (non-hydrogen) atoms. The highest BCUT2D eigenvalue weighted by molar-refractivity contribution is 6.74. The van der Waals surface area contributed by atoms with Gasteiger partial charge >= 0.3 is 0 Å². The number of hydrogen-bond acceptors (Lipinski definition) is 5. The Balaban J connectivity index is 2.81. The minimum atomic E-state index is -1.88. The lowest BCUT2D eigenvalue weighted by Crippen LogP contribution is -2.61. The van der Waals surface area contributed by atoms with Crippen LogP contribution in [0.25, 0.3) is 0 Å². The van der Waals surface area contributed by atoms with E-state index >= 15 is 0 Å². The number of rotatable bonds is 9. The van der Waals surface area contributed by atoms with Gasteiger partial charge in [-0.2, -0.15) is 5.48 Å². The molecule has 0 amide bonds. The van der Waals surface area contributed by atoms with E-state index in [2.05, 4.69) is 85.1 Å². The van der Waals surface area contributed by atoms with Gasteiger partial charge in [0.05, 0.1) is 18.8 Å². The van der Waals surface area contributed by atoms with Crippen LogP contribution in [0, 0.1) is 0 Å². The zero-order valence-electron chi connectivity index (χ0n) is 20.1. The number of hydrogen-bond donors (Lipinski definition) is 2. The lowest BCUT2D eigenvalue weighted by atomic mass is 9.99. The number of piperidine rings is 1. The molecule has 3 atom stereocenters. The van der Waals surface area contributed by atoms with Crippen LogP contribution in [-0.2, 0) is 13.7 Å². The Morgan fingerprint density at radius 3 is 2.11 bits per heavy atom. The Morgan fingerprint density at radius 2 is 1.61 bits per heavy atom. The molecule has 0 aliphatic carbocycles. The largest absolute Gasteiger partial charge is 0.415 e. The van der Waals surface area contributed by atoms with Crippen molar-refractivity contribution in [3.8, 4) is 0 Å². The van der Waals surface area contributed by atoms with Gasteiger partial charge in [-0.15, -0.1) is 6.58 Å². The fraction of sp³-hybridized carbons (Fsp3) is 0.905. The first-order valence-corrected chi connectivity index (χ1v) is 16.5. The topological polar surface area (TPSA) is 51.8 Å². The van der Waals surface area contributed by atoms with Gasteiger partial charge in [-0.05, 0) is 42.7 Å². The molecule has 0 radical (unpaired) electrons. The lowest BCUT2D eigenvalue weighted by molar-refractivity contribution is -0.0253. The van der Waals surface area contributed by atoms with Crippen molar-refractivity contribution in [2.75, 3.05) is 19.8 Å². The van der Waals surface area contributed by atoms with Crippen LogP contribution in [0.4, 0.5) is 0 Å². The highest BCUT2D eigenvalue weighted by atomic mass is 28.4. The normalized spacial score (nSPS) is 25.0. The number of nitrogens with one attached hydrogen (secondary N) is 2. The molecule has 0 saturated carbocycles. The molecule has 166 valence electrons. The van der Waals surface area contributed by atoms with Crippen LogP contribution >= 0.6 is 0 Å². The first kappa shape index (κ1) is 26.0. The van der Waals surface area contributed by atoms with Crippen LogP contribution in [0.5, 0.6) is 0 Å². The van der Waals surface area contributed by atoms with E-state index in [9.17, 15) is 0 Å². The zero-order chi connectivity index (χ0) is 21.8. The minimum Gasteiger partial charge on any atom is -0.415 e. The third kappa shape index (κ3) is 7.34. The van der Waals surface area contributed by atoms with Crippen molar-refractivity contribution in [1.82, 2.24) is 10.8 Å². The molecule has 1 aliphatic heterocycles. The molecule has 3 unspecified atom stereocenters. The van der Waals surface area contributed by atoms with E-state index in [1.807, 2.05) is 0 Å². The zero-order valence-corrected chi connectivity index (χ0v) is 22.1. The van der Waals surface area contributed by atoms with Crippen molar-refractivity contribution in [2.24, 2.45) is 0 Å². The van der Waals surface area contributed by atoms with Crippen LogP contribution in [0.3, 0.4) is 0 Å². The molecule has 0 spiro atoms. The van der Waals surface area contributed by atoms with Crippen molar-refractivity contribution in [3.63, 3.8) is 0 Å². The smallest absolute Gasteiger partial charge is 0.192 e. The summed E-state index contributed by atoms with van der Waals surface area (Å²) in [5.74, 6) is 0. The van der Waals surface area contributed by atoms with Crippen molar-refractivity contribution in [3.05, 3.63) is 12.7 Å². The quantitative estimate of drug-likeness (QED) is 0.237. The van der Waals surface area contributed by atoms with Gasteiger partial charge < -0.3 is 14.2 Å². The SMILES string of the molecule is C=CCONC1CNC(CO[Si](C)(C)C(C)(C)C)CC1O[Si](C)(C)C(C)(C)C. The highest BCUT2D eigenvalue weighted by Crippen LogP contribution is 2.39. The van der Waals surface area contributed by atoms with Gasteiger partial charge in [0.25, 0.3) is 0 Å². The molecule has 5 nitrogen and oxygen atoms in total. The monoisotopic (exact) mass is 430 g/mol. The maximum Gasteiger partial charge on any atom is 0.192 e. The molecule has 1 saturated heterocycles.